The number of nitrogens with two attached hydrogens (primary N) is 2. The van der Waals surface area contributed by atoms with Gasteiger partial charge in [0.1, 0.15) is 77.8 Å². The fourth-order valence-corrected chi connectivity index (χ4v) is 14.0. The minimum atomic E-state index is -0.904. The van der Waals surface area contributed by atoms with Gasteiger partial charge in [0.15, 0.2) is 0 Å². The lowest BCUT2D eigenvalue weighted by atomic mass is 9.89. The van der Waals surface area contributed by atoms with Crippen LogP contribution < -0.4 is 48.7 Å². The van der Waals surface area contributed by atoms with Crippen LogP contribution >= 0.6 is 0 Å². The lowest BCUT2D eigenvalue weighted by Crippen LogP contribution is -2.29. The van der Waals surface area contributed by atoms with Gasteiger partial charge < -0.3 is 80.2 Å². The fraction of sp³-hybridized carbons (Fsp3) is 0.500. The van der Waals surface area contributed by atoms with Crippen LogP contribution in [0.25, 0.3) is 22.3 Å². The number of carbonyl (C=O) groups is 12. The van der Waals surface area contributed by atoms with E-state index in [-0.39, 0.29) is 163 Å². The lowest BCUT2D eigenvalue weighted by Gasteiger charge is -2.17. The van der Waals surface area contributed by atoms with Crippen LogP contribution in [0.2, 0.25) is 0 Å². The number of aromatic nitrogens is 10. The van der Waals surface area contributed by atoms with E-state index in [1.54, 1.807) is 20.8 Å². The number of carbonyl (C=O) groups excluding carboxylic acids is 12. The third kappa shape index (κ3) is 34.1. The van der Waals surface area contributed by atoms with Gasteiger partial charge in [-0.15, -0.1) is 51.0 Å². The number of unbranched alkanes of at least 4 members (excludes halogenated alkanes) is 4. The van der Waals surface area contributed by atoms with Gasteiger partial charge in [-0.1, -0.05) is 124 Å². The molecule has 2 aliphatic carbocycles. The topological polar surface area (TPSA) is 554 Å². The summed E-state index contributed by atoms with van der Waals surface area (Å²) in [7, 11) is 0. The summed E-state index contributed by atoms with van der Waals surface area (Å²) in [5, 5.41) is 58.6. The molecule has 38 heteroatoms. The van der Waals surface area contributed by atoms with Crippen molar-refractivity contribution in [1.29, 1.82) is 0 Å². The van der Waals surface area contributed by atoms with Gasteiger partial charge in [-0.3, -0.25) is 47.9 Å². The van der Waals surface area contributed by atoms with Crippen LogP contribution in [-0.4, -0.2) is 161 Å². The first-order valence-electron chi connectivity index (χ1n) is 43.8. The lowest BCUT2D eigenvalue weighted by molar-refractivity contribution is -0.122. The molecule has 9 aromatic rings. The molecule has 0 radical (unpaired) electrons. The number of hydrogen-bond donors (Lipinski definition) is 9. The summed E-state index contributed by atoms with van der Waals surface area (Å²) in [5.74, 6) is 1.73. The largest absolute Gasteiger partial charge is 0.449 e. The maximum absolute atomic E-state index is 12.4. The number of hydrogen-bond acceptors (Lipinski definition) is 31. The Hall–Kier alpha value is -13.3. The zero-order chi connectivity index (χ0) is 94.8. The molecule has 0 saturated heterocycles. The van der Waals surface area contributed by atoms with E-state index in [0.717, 1.165) is 38.5 Å². The average Bonchev–Trinajstić information content (AvgIpc) is 1.61. The molecule has 700 valence electrons. The van der Waals surface area contributed by atoms with E-state index in [0.29, 0.717) is 108 Å². The number of alkyl carbamates (subject to hydrolysis) is 2. The minimum Gasteiger partial charge on any atom is -0.449 e. The first kappa shape index (κ1) is 104. The number of ether oxygens (including phenoxy) is 2. The van der Waals surface area contributed by atoms with Crippen molar-refractivity contribution in [2.45, 2.75) is 259 Å². The van der Waals surface area contributed by atoms with Gasteiger partial charge in [-0.25, -0.2) is 9.59 Å². The quantitative estimate of drug-likeness (QED) is 0.0160. The van der Waals surface area contributed by atoms with E-state index < -0.39 is 29.7 Å². The summed E-state index contributed by atoms with van der Waals surface area (Å²) >= 11 is 0. The third-order valence-electron chi connectivity index (χ3n) is 20.6. The fourth-order valence-electron chi connectivity index (χ4n) is 14.0. The number of ketones is 5. The molecule has 0 aliphatic heterocycles. The molecule has 38 nitrogen and oxygen atoms in total. The van der Waals surface area contributed by atoms with Crippen LogP contribution in [0.4, 0.5) is 9.59 Å². The zero-order valence-electron chi connectivity index (χ0n) is 76.3. The molecule has 2 aliphatic rings. The Labute approximate surface area is 755 Å². The van der Waals surface area contributed by atoms with Crippen molar-refractivity contribution in [2.75, 3.05) is 39.4 Å². The number of amides is 7. The number of Topliss-reactive ketones (excluding diaryl/α,β-unsaturated/α-hetero) is 5. The van der Waals surface area contributed by atoms with Crippen molar-refractivity contribution in [1.82, 2.24) is 88.2 Å². The second-order valence-corrected chi connectivity index (χ2v) is 32.1. The second kappa shape index (κ2) is 53.5. The summed E-state index contributed by atoms with van der Waals surface area (Å²) in [4.78, 5) is 138. The molecule has 4 aromatic carbocycles. The van der Waals surface area contributed by atoms with Gasteiger partial charge >= 0.3 is 12.2 Å². The molecule has 0 spiro atoms. The molecule has 0 fully saturated rings. The molecule has 130 heavy (non-hydrogen) atoms. The first-order chi connectivity index (χ1) is 62.2. The number of nitrogens with zero attached hydrogens (tertiary/aromatic N) is 10. The Balaban J connectivity index is 0.000000233. The Bertz CT molecular complexity index is 5040. The number of fused-ring (bicyclic) bond motifs is 6. The summed E-state index contributed by atoms with van der Waals surface area (Å²) in [6.45, 7) is 22.8. The van der Waals surface area contributed by atoms with Crippen LogP contribution in [0.15, 0.2) is 119 Å². The third-order valence-corrected chi connectivity index (χ3v) is 20.6. The zero-order valence-corrected chi connectivity index (χ0v) is 76.3. The predicted molar refractivity (Wildman–Crippen MR) is 475 cm³/mol. The van der Waals surface area contributed by atoms with Crippen LogP contribution in [-0.2, 0) is 88.5 Å². The van der Waals surface area contributed by atoms with Crippen LogP contribution in [0.3, 0.4) is 0 Å². The van der Waals surface area contributed by atoms with E-state index in [1.165, 1.54) is 107 Å². The molecule has 5 unspecified atom stereocenters. The van der Waals surface area contributed by atoms with Gasteiger partial charge in [0.2, 0.25) is 88.4 Å². The Morgan fingerprint density at radius 1 is 0.362 bits per heavy atom. The van der Waals surface area contributed by atoms with Crippen LogP contribution in [0, 0.1) is 0 Å². The molecule has 7 amide bonds. The molecular formula is C92H123N19O19. The maximum Gasteiger partial charge on any atom is 0.407 e. The summed E-state index contributed by atoms with van der Waals surface area (Å²) < 4.78 is 38.6. The maximum atomic E-state index is 12.4. The highest BCUT2D eigenvalue weighted by Gasteiger charge is 2.36. The molecule has 5 aromatic heterocycles. The molecule has 5 atom stereocenters. The van der Waals surface area contributed by atoms with E-state index in [1.807, 2.05) is 48.5 Å². The summed E-state index contributed by atoms with van der Waals surface area (Å²) in [6, 6.07) is 31.0. The number of nitrogens with one attached hydrogen (secondary N) is 7. The molecule has 0 bridgehead atoms. The van der Waals surface area contributed by atoms with Crippen molar-refractivity contribution in [3.63, 3.8) is 0 Å². The Morgan fingerprint density at radius 3 is 0.938 bits per heavy atom. The van der Waals surface area contributed by atoms with E-state index in [2.05, 4.69) is 144 Å². The average molecular weight is 1800 g/mol. The normalized spacial score (nSPS) is 12.7. The van der Waals surface area contributed by atoms with Crippen molar-refractivity contribution < 1.29 is 89.1 Å². The summed E-state index contributed by atoms with van der Waals surface area (Å²) in [6.07, 6.45) is 10.1. The molecule has 11 rings (SSSR count). The molecular weight excluding hydrogens is 1680 g/mol. The van der Waals surface area contributed by atoms with Gasteiger partial charge in [-0.2, -0.15) is 0 Å². The van der Waals surface area contributed by atoms with Crippen LogP contribution in [0.1, 0.15) is 310 Å². The molecule has 5 heterocycles. The van der Waals surface area contributed by atoms with E-state index in [4.69, 9.17) is 43.0 Å². The van der Waals surface area contributed by atoms with Crippen molar-refractivity contribution in [3.05, 3.63) is 178 Å². The second-order valence-electron chi connectivity index (χ2n) is 32.1. The predicted octanol–water partition coefficient (Wildman–Crippen LogP) is 11.5. The van der Waals surface area contributed by atoms with Crippen LogP contribution in [0.5, 0.6) is 0 Å². The smallest absolute Gasteiger partial charge is 0.407 e. The van der Waals surface area contributed by atoms with Gasteiger partial charge in [0.05, 0.1) is 25.7 Å². The standard InChI is InChI=1S/C29H34N4O5.C28H32N4O5.C12H20N4O3.C12H19N3O3.C11H18N4O3/c1-18(34)29(3,4)27-33-32-26(38-27)25(31-19(2)35)15-9-10-16-30-28(36)37-17-24-22-13-7-5-11-20(22)21-12-6-8-14-23(21)24;1-3-25(34)30-24(27-32-31-26(37-27)16-18(2)33)14-8-9-15-29-28(35)36-17-23-21-12-6-4-10-19(21)20-11-5-7-13-22(20)23;1-8(17)7-11-15-16-12(19-11)10(14-9(2)18)5-3-4-6-13;1-4-5-6-10(13-9(3)17)12-15-14-11(18-12)7-8(2)16;1-7(16)6-10-14-15-11(18-10)9(4-3-5-12)13-8(2)17/h5-8,11-14,24-25H,9-10,15-17H2,1-4H3,(H,30,36)(H,31,35);4-7,10-13,23-24H,3,8-9,14-17H2,1-2H3,(H,29,35)(H,30,34);10H,3-7,13H2,1-2H3,(H,14,18);10H,4-7H2,1-3H3,(H,13,17);9H,3-6,12H2,1-2H3,(H,13,17). The molecule has 11 N–H and O–H groups in total. The van der Waals surface area contributed by atoms with Gasteiger partial charge in [-0.05, 0) is 183 Å². The minimum absolute atomic E-state index is 0.0128. The Kier molecular flexibility index (Phi) is 42.7. The highest BCUT2D eigenvalue weighted by molar-refractivity contribution is 5.86. The highest BCUT2D eigenvalue weighted by Crippen LogP contribution is 2.46. The summed E-state index contributed by atoms with van der Waals surface area (Å²) in [5.41, 5.74) is 19.4. The number of benzene rings is 4. The molecule has 0 saturated carbocycles. The van der Waals surface area contributed by atoms with Crippen molar-refractivity contribution >= 4 is 70.6 Å². The first-order valence-corrected chi connectivity index (χ1v) is 43.8. The van der Waals surface area contributed by atoms with Gasteiger partial charge in [0, 0.05) is 59.0 Å². The van der Waals surface area contributed by atoms with Gasteiger partial charge in [0.25, 0.3) is 0 Å². The highest BCUT2D eigenvalue weighted by atomic mass is 16.6. The monoisotopic (exact) mass is 1800 g/mol. The van der Waals surface area contributed by atoms with Crippen molar-refractivity contribution in [3.8, 4) is 22.3 Å². The number of rotatable bonds is 45. The van der Waals surface area contributed by atoms with E-state index >= 15 is 0 Å². The van der Waals surface area contributed by atoms with Crippen molar-refractivity contribution in [2.24, 2.45) is 11.5 Å². The SMILES string of the molecule is CC(=O)Cc1nnc(C(CCCCN)NC(C)=O)o1.CC(=O)Cc1nnc(C(CCCN)NC(C)=O)o1.CC(=O)NC(CCCCNC(=O)OCC1c2ccccc2-c2ccccc21)c1nnc(C(C)(C)C(C)=O)o1.CCC(=O)NC(CCCCNC(=O)OCC1c2ccccc2-c2ccccc21)c1nnc(CC(C)=O)o1.CCCCC(NC(C)=O)c1nnc(CC(C)=O)o1. The van der Waals surface area contributed by atoms with E-state index in [9.17, 15) is 57.5 Å². The Morgan fingerprint density at radius 2 is 0.646 bits per heavy atom.